The lowest BCUT2D eigenvalue weighted by Crippen LogP contribution is -2.26. The maximum atomic E-state index is 12.2. The first-order valence-electron chi connectivity index (χ1n) is 7.30. The third-order valence-electron chi connectivity index (χ3n) is 3.58. The van der Waals surface area contributed by atoms with Gasteiger partial charge in [-0.05, 0) is 45.7 Å². The van der Waals surface area contributed by atoms with Crippen LogP contribution in [0.15, 0.2) is 41.1 Å². The molecule has 6 nitrogen and oxygen atoms in total. The first kappa shape index (κ1) is 15.4. The quantitative estimate of drug-likeness (QED) is 0.755. The molecule has 2 aromatic heterocycles. The second kappa shape index (κ2) is 7.15. The van der Waals surface area contributed by atoms with Crippen LogP contribution in [-0.2, 0) is 17.8 Å². The average Bonchev–Trinajstić information content (AvgIpc) is 3.26. The summed E-state index contributed by atoms with van der Waals surface area (Å²) in [6.45, 7) is 0.564. The van der Waals surface area contributed by atoms with Gasteiger partial charge in [0.1, 0.15) is 0 Å². The Morgan fingerprint density at radius 1 is 1.30 bits per heavy atom. The SMILES string of the molecule is CN(Cc1cccc(-c2nn[nH]n2)c1)C(=O)CCc1ccsc1. The summed E-state index contributed by atoms with van der Waals surface area (Å²) >= 11 is 1.66. The summed E-state index contributed by atoms with van der Waals surface area (Å²) in [7, 11) is 1.83. The van der Waals surface area contributed by atoms with Gasteiger partial charge < -0.3 is 4.90 Å². The van der Waals surface area contributed by atoms with E-state index in [-0.39, 0.29) is 5.91 Å². The van der Waals surface area contributed by atoms with Crippen LogP contribution in [0.5, 0.6) is 0 Å². The van der Waals surface area contributed by atoms with Crippen molar-refractivity contribution in [2.75, 3.05) is 7.05 Å². The number of amides is 1. The number of rotatable bonds is 6. The summed E-state index contributed by atoms with van der Waals surface area (Å²) in [4.78, 5) is 14.0. The molecule has 23 heavy (non-hydrogen) atoms. The van der Waals surface area contributed by atoms with E-state index < -0.39 is 0 Å². The van der Waals surface area contributed by atoms with E-state index in [0.29, 0.717) is 18.8 Å². The van der Waals surface area contributed by atoms with Crippen LogP contribution in [0.25, 0.3) is 11.4 Å². The second-order valence-corrected chi connectivity index (χ2v) is 6.10. The zero-order valence-corrected chi connectivity index (χ0v) is 13.6. The smallest absolute Gasteiger partial charge is 0.222 e. The normalized spacial score (nSPS) is 10.7. The van der Waals surface area contributed by atoms with Crippen molar-refractivity contribution in [3.63, 3.8) is 0 Å². The minimum Gasteiger partial charge on any atom is -0.341 e. The number of H-pyrrole nitrogens is 1. The first-order valence-corrected chi connectivity index (χ1v) is 8.24. The van der Waals surface area contributed by atoms with Crippen molar-refractivity contribution < 1.29 is 4.79 Å². The zero-order valence-electron chi connectivity index (χ0n) is 12.8. The van der Waals surface area contributed by atoms with Gasteiger partial charge in [0.2, 0.25) is 11.7 Å². The van der Waals surface area contributed by atoms with Crippen LogP contribution >= 0.6 is 11.3 Å². The fraction of sp³-hybridized carbons (Fsp3) is 0.250. The number of hydrogen-bond donors (Lipinski definition) is 1. The summed E-state index contributed by atoms with van der Waals surface area (Å²) in [5.74, 6) is 0.694. The van der Waals surface area contributed by atoms with Gasteiger partial charge in [-0.2, -0.15) is 16.6 Å². The van der Waals surface area contributed by atoms with Gasteiger partial charge in [-0.1, -0.05) is 18.2 Å². The van der Waals surface area contributed by atoms with Gasteiger partial charge in [-0.25, -0.2) is 0 Å². The highest BCUT2D eigenvalue weighted by Gasteiger charge is 2.11. The molecule has 1 aromatic carbocycles. The summed E-state index contributed by atoms with van der Waals surface area (Å²) in [5.41, 5.74) is 3.14. The molecular weight excluding hydrogens is 310 g/mol. The van der Waals surface area contributed by atoms with Crippen LogP contribution in [0.4, 0.5) is 0 Å². The summed E-state index contributed by atoms with van der Waals surface area (Å²) in [6.07, 6.45) is 1.31. The fourth-order valence-electron chi connectivity index (χ4n) is 2.33. The van der Waals surface area contributed by atoms with Crippen LogP contribution < -0.4 is 0 Å². The Morgan fingerprint density at radius 3 is 2.96 bits per heavy atom. The van der Waals surface area contributed by atoms with E-state index in [2.05, 4.69) is 32.1 Å². The minimum atomic E-state index is 0.140. The maximum absolute atomic E-state index is 12.2. The van der Waals surface area contributed by atoms with Crippen molar-refractivity contribution >= 4 is 17.2 Å². The molecule has 0 saturated carbocycles. The summed E-state index contributed by atoms with van der Waals surface area (Å²) < 4.78 is 0. The van der Waals surface area contributed by atoms with Gasteiger partial charge in [0.05, 0.1) is 0 Å². The molecule has 1 N–H and O–H groups in total. The van der Waals surface area contributed by atoms with Crippen LogP contribution in [-0.4, -0.2) is 38.5 Å². The van der Waals surface area contributed by atoms with Gasteiger partial charge in [0.25, 0.3) is 0 Å². The molecule has 1 amide bonds. The molecule has 0 saturated heterocycles. The molecule has 0 atom stereocenters. The Bertz CT molecular complexity index is 755. The van der Waals surface area contributed by atoms with Gasteiger partial charge in [-0.15, -0.1) is 10.2 Å². The predicted octanol–water partition coefficient (Wildman–Crippen LogP) is 2.52. The number of carbonyl (C=O) groups is 1. The van der Waals surface area contributed by atoms with E-state index in [0.717, 1.165) is 17.5 Å². The van der Waals surface area contributed by atoms with Crippen molar-refractivity contribution in [1.82, 2.24) is 25.5 Å². The number of aryl methyl sites for hydroxylation is 1. The van der Waals surface area contributed by atoms with Crippen LogP contribution in [0, 0.1) is 0 Å². The molecular formula is C16H17N5OS. The van der Waals surface area contributed by atoms with Crippen molar-refractivity contribution in [2.24, 2.45) is 0 Å². The van der Waals surface area contributed by atoms with E-state index in [4.69, 9.17) is 0 Å². The third-order valence-corrected chi connectivity index (χ3v) is 4.32. The zero-order chi connectivity index (χ0) is 16.1. The molecule has 0 fully saturated rings. The Kier molecular flexibility index (Phi) is 4.77. The van der Waals surface area contributed by atoms with E-state index in [1.54, 1.807) is 16.2 Å². The van der Waals surface area contributed by atoms with E-state index in [9.17, 15) is 4.79 Å². The summed E-state index contributed by atoms with van der Waals surface area (Å²) in [6, 6.07) is 9.89. The molecule has 0 aliphatic carbocycles. The predicted molar refractivity (Wildman–Crippen MR) is 88.7 cm³/mol. The highest BCUT2D eigenvalue weighted by molar-refractivity contribution is 7.07. The second-order valence-electron chi connectivity index (χ2n) is 5.32. The van der Waals surface area contributed by atoms with E-state index in [1.807, 2.05) is 36.7 Å². The highest BCUT2D eigenvalue weighted by atomic mass is 32.1. The number of carbonyl (C=O) groups excluding carboxylic acids is 1. The van der Waals surface area contributed by atoms with Crippen LogP contribution in [0.2, 0.25) is 0 Å². The number of thiophene rings is 1. The van der Waals surface area contributed by atoms with Crippen LogP contribution in [0.1, 0.15) is 17.5 Å². The third kappa shape index (κ3) is 4.01. The van der Waals surface area contributed by atoms with E-state index in [1.165, 1.54) is 5.56 Å². The molecule has 0 bridgehead atoms. The fourth-order valence-corrected chi connectivity index (χ4v) is 3.04. The Labute approximate surface area is 138 Å². The number of aromatic nitrogens is 4. The number of hydrogen-bond acceptors (Lipinski definition) is 5. The molecule has 0 aliphatic heterocycles. The van der Waals surface area contributed by atoms with Crippen molar-refractivity contribution in [3.05, 3.63) is 52.2 Å². The molecule has 2 heterocycles. The number of aromatic amines is 1. The number of nitrogens with one attached hydrogen (secondary N) is 1. The Balaban J connectivity index is 1.60. The largest absolute Gasteiger partial charge is 0.341 e. The lowest BCUT2D eigenvalue weighted by molar-refractivity contribution is -0.130. The first-order chi connectivity index (χ1) is 11.2. The Morgan fingerprint density at radius 2 is 2.22 bits per heavy atom. The lowest BCUT2D eigenvalue weighted by Gasteiger charge is -2.17. The Hall–Kier alpha value is -2.54. The van der Waals surface area contributed by atoms with Crippen molar-refractivity contribution in [3.8, 4) is 11.4 Å². The minimum absolute atomic E-state index is 0.140. The molecule has 7 heteroatoms. The number of nitrogens with zero attached hydrogens (tertiary/aromatic N) is 4. The maximum Gasteiger partial charge on any atom is 0.222 e. The summed E-state index contributed by atoms with van der Waals surface area (Å²) in [5, 5.41) is 18.1. The highest BCUT2D eigenvalue weighted by Crippen LogP contribution is 2.16. The molecule has 3 aromatic rings. The topological polar surface area (TPSA) is 74.8 Å². The standard InChI is InChI=1S/C16H17N5OS/c1-21(15(22)6-5-12-7-8-23-11-12)10-13-3-2-4-14(9-13)16-17-19-20-18-16/h2-4,7-9,11H,5-6,10H2,1H3,(H,17,18,19,20). The molecule has 3 rings (SSSR count). The number of tetrazole rings is 1. The van der Waals surface area contributed by atoms with Crippen LogP contribution in [0.3, 0.4) is 0 Å². The van der Waals surface area contributed by atoms with Gasteiger partial charge >= 0.3 is 0 Å². The lowest BCUT2D eigenvalue weighted by atomic mass is 10.1. The molecule has 0 spiro atoms. The van der Waals surface area contributed by atoms with E-state index >= 15 is 0 Å². The molecule has 0 aliphatic rings. The van der Waals surface area contributed by atoms with Crippen molar-refractivity contribution in [2.45, 2.75) is 19.4 Å². The monoisotopic (exact) mass is 327 g/mol. The van der Waals surface area contributed by atoms with Gasteiger partial charge in [0.15, 0.2) is 0 Å². The van der Waals surface area contributed by atoms with Gasteiger partial charge in [-0.3, -0.25) is 4.79 Å². The molecule has 118 valence electrons. The molecule has 0 unspecified atom stereocenters. The van der Waals surface area contributed by atoms with Crippen molar-refractivity contribution in [1.29, 1.82) is 0 Å². The van der Waals surface area contributed by atoms with Gasteiger partial charge in [0, 0.05) is 25.6 Å². The molecule has 0 radical (unpaired) electrons. The average molecular weight is 327 g/mol. The number of benzene rings is 1.